The van der Waals surface area contributed by atoms with Gasteiger partial charge in [-0.05, 0) is 49.7 Å². The standard InChI is InChI=1S/C23H21N3O5/c1-14-7-8-19(25-23(28)16-5-4-6-18(11-16)29-3)20(9-14)30-13-17-12-22(27)26-21(24-17)10-15(2)31-26/h4-12H,13H2,1-3H3,(H,25,28). The van der Waals surface area contributed by atoms with Crippen molar-refractivity contribution >= 4 is 17.2 Å². The molecule has 4 aromatic rings. The summed E-state index contributed by atoms with van der Waals surface area (Å²) in [5, 5.41) is 2.87. The zero-order valence-corrected chi connectivity index (χ0v) is 17.3. The summed E-state index contributed by atoms with van der Waals surface area (Å²) in [7, 11) is 1.55. The van der Waals surface area contributed by atoms with Crippen molar-refractivity contribution < 1.29 is 18.8 Å². The van der Waals surface area contributed by atoms with Crippen molar-refractivity contribution in [3.05, 3.63) is 87.5 Å². The number of anilines is 1. The van der Waals surface area contributed by atoms with Crippen molar-refractivity contribution in [2.75, 3.05) is 12.4 Å². The predicted octanol–water partition coefficient (Wildman–Crippen LogP) is 3.74. The van der Waals surface area contributed by atoms with Gasteiger partial charge < -0.3 is 19.3 Å². The first kappa shape index (κ1) is 20.2. The lowest BCUT2D eigenvalue weighted by Gasteiger charge is -2.13. The van der Waals surface area contributed by atoms with Crippen molar-refractivity contribution in [3.63, 3.8) is 0 Å². The lowest BCUT2D eigenvalue weighted by atomic mass is 10.1. The second-order valence-corrected chi connectivity index (χ2v) is 7.06. The zero-order chi connectivity index (χ0) is 22.0. The van der Waals surface area contributed by atoms with Crippen LogP contribution in [0.25, 0.3) is 5.65 Å². The van der Waals surface area contributed by atoms with Gasteiger partial charge in [-0.15, -0.1) is 4.57 Å². The molecule has 1 N–H and O–H groups in total. The van der Waals surface area contributed by atoms with E-state index in [0.29, 0.717) is 39.9 Å². The van der Waals surface area contributed by atoms with Crippen molar-refractivity contribution in [3.8, 4) is 11.5 Å². The molecule has 0 atom stereocenters. The third kappa shape index (κ3) is 4.42. The molecule has 0 fully saturated rings. The summed E-state index contributed by atoms with van der Waals surface area (Å²) < 4.78 is 17.5. The second-order valence-electron chi connectivity index (χ2n) is 7.06. The summed E-state index contributed by atoms with van der Waals surface area (Å²) in [6.45, 7) is 3.72. The summed E-state index contributed by atoms with van der Waals surface area (Å²) in [5.74, 6) is 1.36. The normalized spacial score (nSPS) is 10.8. The number of methoxy groups -OCH3 is 1. The number of hydrogen-bond acceptors (Lipinski definition) is 6. The number of ether oxygens (including phenoxy) is 2. The van der Waals surface area contributed by atoms with Crippen LogP contribution in [0.5, 0.6) is 11.5 Å². The Morgan fingerprint density at radius 3 is 2.77 bits per heavy atom. The van der Waals surface area contributed by atoms with Crippen LogP contribution >= 0.6 is 0 Å². The van der Waals surface area contributed by atoms with Crippen LogP contribution in [-0.4, -0.2) is 22.6 Å². The van der Waals surface area contributed by atoms with Gasteiger partial charge in [0, 0.05) is 17.7 Å². The Labute approximate surface area is 178 Å². The number of nitrogens with zero attached hydrogens (tertiary/aromatic N) is 2. The van der Waals surface area contributed by atoms with E-state index in [4.69, 9.17) is 14.0 Å². The molecule has 2 aromatic heterocycles. The van der Waals surface area contributed by atoms with Gasteiger partial charge in [-0.2, -0.15) is 0 Å². The van der Waals surface area contributed by atoms with E-state index in [1.54, 1.807) is 50.4 Å². The number of hydrogen-bond donors (Lipinski definition) is 1. The molecule has 158 valence electrons. The van der Waals surface area contributed by atoms with E-state index in [1.165, 1.54) is 6.07 Å². The highest BCUT2D eigenvalue weighted by atomic mass is 16.5. The molecule has 0 radical (unpaired) electrons. The van der Waals surface area contributed by atoms with E-state index in [2.05, 4.69) is 10.3 Å². The van der Waals surface area contributed by atoms with Crippen LogP contribution < -0.4 is 20.3 Å². The van der Waals surface area contributed by atoms with Gasteiger partial charge in [-0.3, -0.25) is 9.59 Å². The zero-order valence-electron chi connectivity index (χ0n) is 17.3. The van der Waals surface area contributed by atoms with E-state index in [-0.39, 0.29) is 18.1 Å². The van der Waals surface area contributed by atoms with Crippen LogP contribution in [0.1, 0.15) is 27.4 Å². The Morgan fingerprint density at radius 2 is 1.97 bits per heavy atom. The molecule has 8 nitrogen and oxygen atoms in total. The number of aromatic nitrogens is 2. The summed E-state index contributed by atoms with van der Waals surface area (Å²) >= 11 is 0. The molecule has 4 rings (SSSR count). The Kier molecular flexibility index (Phi) is 5.44. The number of benzene rings is 2. The first-order chi connectivity index (χ1) is 14.9. The minimum atomic E-state index is -0.326. The van der Waals surface area contributed by atoms with E-state index >= 15 is 0 Å². The molecule has 31 heavy (non-hydrogen) atoms. The molecule has 0 spiro atoms. The van der Waals surface area contributed by atoms with Gasteiger partial charge in [0.1, 0.15) is 23.9 Å². The number of amides is 1. The molecule has 2 aromatic carbocycles. The third-order valence-electron chi connectivity index (χ3n) is 4.62. The van der Waals surface area contributed by atoms with E-state index in [9.17, 15) is 9.59 Å². The van der Waals surface area contributed by atoms with E-state index in [1.807, 2.05) is 19.1 Å². The maximum absolute atomic E-state index is 12.7. The number of carbonyl (C=O) groups is 1. The van der Waals surface area contributed by atoms with Gasteiger partial charge in [-0.25, -0.2) is 4.98 Å². The summed E-state index contributed by atoms with van der Waals surface area (Å²) in [4.78, 5) is 29.3. The molecule has 2 heterocycles. The molecule has 0 unspecified atom stereocenters. The smallest absolute Gasteiger partial charge is 0.287 e. The highest BCUT2D eigenvalue weighted by Gasteiger charge is 2.13. The Balaban J connectivity index is 1.56. The average molecular weight is 419 g/mol. The number of nitrogens with one attached hydrogen (secondary N) is 1. The van der Waals surface area contributed by atoms with E-state index < -0.39 is 0 Å². The van der Waals surface area contributed by atoms with Crippen LogP contribution in [-0.2, 0) is 6.61 Å². The number of fused-ring (bicyclic) bond motifs is 1. The molecular formula is C23H21N3O5. The quantitative estimate of drug-likeness (QED) is 0.512. The summed E-state index contributed by atoms with van der Waals surface area (Å²) in [6.07, 6.45) is 0. The van der Waals surface area contributed by atoms with Crippen molar-refractivity contribution in [2.24, 2.45) is 0 Å². The monoisotopic (exact) mass is 419 g/mol. The van der Waals surface area contributed by atoms with Crippen molar-refractivity contribution in [1.82, 2.24) is 9.56 Å². The fourth-order valence-corrected chi connectivity index (χ4v) is 3.11. The van der Waals surface area contributed by atoms with Gasteiger partial charge in [0.15, 0.2) is 5.65 Å². The fourth-order valence-electron chi connectivity index (χ4n) is 3.11. The minimum Gasteiger partial charge on any atom is -0.497 e. The molecule has 0 aliphatic rings. The van der Waals surface area contributed by atoms with Gasteiger partial charge in [0.2, 0.25) is 0 Å². The van der Waals surface area contributed by atoms with Gasteiger partial charge in [-0.1, -0.05) is 12.1 Å². The number of aryl methyl sites for hydroxylation is 2. The molecule has 8 heteroatoms. The van der Waals surface area contributed by atoms with E-state index in [0.717, 1.165) is 10.1 Å². The molecule has 1 amide bonds. The number of carbonyl (C=O) groups excluding carboxylic acids is 1. The molecular weight excluding hydrogens is 398 g/mol. The highest BCUT2D eigenvalue weighted by molar-refractivity contribution is 6.05. The first-order valence-electron chi connectivity index (χ1n) is 9.61. The van der Waals surface area contributed by atoms with Gasteiger partial charge >= 0.3 is 0 Å². The molecule has 0 aliphatic carbocycles. The third-order valence-corrected chi connectivity index (χ3v) is 4.62. The maximum Gasteiger partial charge on any atom is 0.287 e. The van der Waals surface area contributed by atoms with Crippen LogP contribution in [0.4, 0.5) is 5.69 Å². The lowest BCUT2D eigenvalue weighted by Crippen LogP contribution is -2.15. The van der Waals surface area contributed by atoms with Crippen LogP contribution in [0.2, 0.25) is 0 Å². The van der Waals surface area contributed by atoms with Crippen LogP contribution in [0, 0.1) is 13.8 Å². The van der Waals surface area contributed by atoms with Crippen LogP contribution in [0.15, 0.2) is 63.9 Å². The second kappa shape index (κ2) is 8.35. The SMILES string of the molecule is COc1cccc(C(=O)Nc2ccc(C)cc2OCc2cc(=O)n3oc(C)cc3n2)c1. The van der Waals surface area contributed by atoms with Crippen molar-refractivity contribution in [1.29, 1.82) is 0 Å². The fraction of sp³-hybridized carbons (Fsp3) is 0.174. The maximum atomic E-state index is 12.7. The Bertz CT molecular complexity index is 1320. The molecule has 0 saturated carbocycles. The Hall–Kier alpha value is -4.07. The molecule has 0 saturated heterocycles. The summed E-state index contributed by atoms with van der Waals surface area (Å²) in [5.41, 5.74) is 2.48. The minimum absolute atomic E-state index is 0.0570. The summed E-state index contributed by atoms with van der Waals surface area (Å²) in [6, 6.07) is 15.4. The Morgan fingerprint density at radius 1 is 1.13 bits per heavy atom. The highest BCUT2D eigenvalue weighted by Crippen LogP contribution is 2.27. The molecule has 0 bridgehead atoms. The van der Waals surface area contributed by atoms with Crippen LogP contribution in [0.3, 0.4) is 0 Å². The lowest BCUT2D eigenvalue weighted by molar-refractivity contribution is 0.102. The predicted molar refractivity (Wildman–Crippen MR) is 115 cm³/mol. The number of rotatable bonds is 6. The molecule has 0 aliphatic heterocycles. The van der Waals surface area contributed by atoms with Crippen molar-refractivity contribution in [2.45, 2.75) is 20.5 Å². The topological polar surface area (TPSA) is 95.1 Å². The average Bonchev–Trinajstić information content (AvgIpc) is 3.14. The largest absolute Gasteiger partial charge is 0.497 e. The van der Waals surface area contributed by atoms with Gasteiger partial charge in [0.25, 0.3) is 11.5 Å². The first-order valence-corrected chi connectivity index (χ1v) is 9.61. The van der Waals surface area contributed by atoms with Gasteiger partial charge in [0.05, 0.1) is 18.5 Å².